The quantitative estimate of drug-likeness (QED) is 0.0222. The number of phosphoric acid groups is 2. The molecule has 0 saturated heterocycles. The zero-order valence-corrected chi connectivity index (χ0v) is 63.8. The first-order valence-corrected chi connectivity index (χ1v) is 42.5. The fraction of sp³-hybridized carbons (Fsp3) is 0.947. The smallest absolute Gasteiger partial charge is 0.462 e. The van der Waals surface area contributed by atoms with Crippen molar-refractivity contribution in [2.75, 3.05) is 39.6 Å². The summed E-state index contributed by atoms with van der Waals surface area (Å²) in [6.07, 6.45) is 55.5. The number of hydrogen-bond donors (Lipinski definition) is 3. The average Bonchev–Trinajstić information content (AvgIpc) is 2.60. The van der Waals surface area contributed by atoms with Gasteiger partial charge >= 0.3 is 39.5 Å². The van der Waals surface area contributed by atoms with Crippen LogP contribution in [0.15, 0.2) is 0 Å². The average molecular weight is 1400 g/mol. The lowest BCUT2D eigenvalue weighted by Crippen LogP contribution is -2.30. The summed E-state index contributed by atoms with van der Waals surface area (Å²) in [6.45, 7) is 9.60. The van der Waals surface area contributed by atoms with Crippen molar-refractivity contribution in [2.45, 2.75) is 413 Å². The lowest BCUT2D eigenvalue weighted by Gasteiger charge is -2.21. The number of rotatable bonds is 75. The Morgan fingerprint density at radius 3 is 0.716 bits per heavy atom. The molecule has 17 nitrogen and oxygen atoms in total. The number of unbranched alkanes of at least 4 members (excludes halogenated alkanes) is 45. The third-order valence-electron chi connectivity index (χ3n) is 17.7. The normalized spacial score (nSPS) is 14.0. The van der Waals surface area contributed by atoms with Gasteiger partial charge in [-0.05, 0) is 37.5 Å². The highest BCUT2D eigenvalue weighted by Gasteiger charge is 2.30. The van der Waals surface area contributed by atoms with E-state index in [1.165, 1.54) is 205 Å². The van der Waals surface area contributed by atoms with E-state index in [0.717, 1.165) is 108 Å². The Labute approximate surface area is 581 Å². The van der Waals surface area contributed by atoms with E-state index in [1.54, 1.807) is 0 Å². The molecular weight excluding hydrogens is 1250 g/mol. The summed E-state index contributed by atoms with van der Waals surface area (Å²) in [5, 5.41) is 10.6. The SMILES string of the molecule is CCCCCCCCCCCCCCCCCCC(=O)OC[C@H](COP(=O)(O)OC[C@@H](O)COP(=O)(O)OC[C@@H](COC(=O)CCCCCCCCCC)OC(=O)CCCCCCCCCCCCCC(C)C)OC(=O)CCCCCCCCCCCCCCCCC(C)C. The van der Waals surface area contributed by atoms with Crippen molar-refractivity contribution in [3.63, 3.8) is 0 Å². The van der Waals surface area contributed by atoms with E-state index >= 15 is 0 Å². The molecule has 0 radical (unpaired) electrons. The number of phosphoric ester groups is 2. The van der Waals surface area contributed by atoms with Crippen LogP contribution in [0.3, 0.4) is 0 Å². The van der Waals surface area contributed by atoms with Crippen LogP contribution in [0.25, 0.3) is 0 Å². The van der Waals surface area contributed by atoms with Gasteiger partial charge in [0.1, 0.15) is 19.3 Å². The number of carbonyl (C=O) groups is 4. The molecule has 0 bridgehead atoms. The van der Waals surface area contributed by atoms with Crippen molar-refractivity contribution in [3.8, 4) is 0 Å². The lowest BCUT2D eigenvalue weighted by molar-refractivity contribution is -0.161. The molecule has 19 heteroatoms. The number of hydrogen-bond acceptors (Lipinski definition) is 15. The number of aliphatic hydroxyl groups excluding tert-OH is 1. The Morgan fingerprint density at radius 2 is 0.484 bits per heavy atom. The molecule has 0 amide bonds. The molecule has 0 saturated carbocycles. The Balaban J connectivity index is 5.22. The van der Waals surface area contributed by atoms with E-state index in [2.05, 4.69) is 41.5 Å². The first-order chi connectivity index (χ1) is 45.9. The Kier molecular flexibility index (Phi) is 66.5. The second-order valence-corrected chi connectivity index (χ2v) is 31.3. The Morgan fingerprint density at radius 1 is 0.284 bits per heavy atom. The molecule has 95 heavy (non-hydrogen) atoms. The summed E-state index contributed by atoms with van der Waals surface area (Å²) in [5.74, 6) is -0.556. The highest BCUT2D eigenvalue weighted by Crippen LogP contribution is 2.45. The van der Waals surface area contributed by atoms with E-state index in [0.29, 0.717) is 25.7 Å². The minimum Gasteiger partial charge on any atom is -0.462 e. The summed E-state index contributed by atoms with van der Waals surface area (Å²) >= 11 is 0. The van der Waals surface area contributed by atoms with Crippen molar-refractivity contribution >= 4 is 39.5 Å². The highest BCUT2D eigenvalue weighted by atomic mass is 31.2. The fourth-order valence-corrected chi connectivity index (χ4v) is 13.2. The second kappa shape index (κ2) is 67.9. The van der Waals surface area contributed by atoms with Crippen LogP contribution in [0, 0.1) is 11.8 Å². The van der Waals surface area contributed by atoms with Crippen LogP contribution in [-0.2, 0) is 65.4 Å². The number of aliphatic hydroxyl groups is 1. The van der Waals surface area contributed by atoms with Crippen molar-refractivity contribution < 1.29 is 80.2 Å². The van der Waals surface area contributed by atoms with Gasteiger partial charge in [-0.3, -0.25) is 37.3 Å². The zero-order valence-electron chi connectivity index (χ0n) is 62.0. The molecule has 564 valence electrons. The van der Waals surface area contributed by atoms with Gasteiger partial charge in [0.2, 0.25) is 0 Å². The van der Waals surface area contributed by atoms with Gasteiger partial charge in [0.05, 0.1) is 26.4 Å². The van der Waals surface area contributed by atoms with E-state index in [-0.39, 0.29) is 25.7 Å². The molecule has 0 aromatic rings. The molecule has 0 heterocycles. The molecule has 0 spiro atoms. The number of carbonyl (C=O) groups excluding carboxylic acids is 4. The summed E-state index contributed by atoms with van der Waals surface area (Å²) < 4.78 is 68.5. The van der Waals surface area contributed by atoms with Gasteiger partial charge in [-0.25, -0.2) is 9.13 Å². The topological polar surface area (TPSA) is 237 Å². The fourth-order valence-electron chi connectivity index (χ4n) is 11.7. The molecule has 0 aliphatic carbocycles. The first-order valence-electron chi connectivity index (χ1n) is 39.5. The Bertz CT molecular complexity index is 1840. The van der Waals surface area contributed by atoms with Gasteiger partial charge < -0.3 is 33.8 Å². The second-order valence-electron chi connectivity index (χ2n) is 28.3. The molecular formula is C76H148O17P2. The van der Waals surface area contributed by atoms with E-state index in [1.807, 2.05) is 0 Å². The summed E-state index contributed by atoms with van der Waals surface area (Å²) in [7, 11) is -9.91. The third kappa shape index (κ3) is 70.3. The van der Waals surface area contributed by atoms with Gasteiger partial charge in [0, 0.05) is 25.7 Å². The van der Waals surface area contributed by atoms with Crippen molar-refractivity contribution in [2.24, 2.45) is 11.8 Å². The van der Waals surface area contributed by atoms with Gasteiger partial charge in [0.15, 0.2) is 12.2 Å². The summed E-state index contributed by atoms with van der Waals surface area (Å²) in [4.78, 5) is 72.7. The maximum Gasteiger partial charge on any atom is 0.472 e. The van der Waals surface area contributed by atoms with Gasteiger partial charge in [0.25, 0.3) is 0 Å². The van der Waals surface area contributed by atoms with Crippen LogP contribution >= 0.6 is 15.6 Å². The molecule has 2 unspecified atom stereocenters. The predicted molar refractivity (Wildman–Crippen MR) is 386 cm³/mol. The van der Waals surface area contributed by atoms with Crippen molar-refractivity contribution in [1.29, 1.82) is 0 Å². The van der Waals surface area contributed by atoms with Crippen LogP contribution in [-0.4, -0.2) is 96.7 Å². The van der Waals surface area contributed by atoms with Crippen molar-refractivity contribution in [1.82, 2.24) is 0 Å². The van der Waals surface area contributed by atoms with E-state index in [4.69, 9.17) is 37.0 Å². The first kappa shape index (κ1) is 93.1. The molecule has 0 aliphatic rings. The largest absolute Gasteiger partial charge is 0.472 e. The minimum absolute atomic E-state index is 0.106. The van der Waals surface area contributed by atoms with Crippen LogP contribution in [0.2, 0.25) is 0 Å². The zero-order chi connectivity index (χ0) is 70.0. The van der Waals surface area contributed by atoms with Crippen LogP contribution < -0.4 is 0 Å². The maximum absolute atomic E-state index is 13.1. The molecule has 3 N–H and O–H groups in total. The molecule has 0 fully saturated rings. The monoisotopic (exact) mass is 1400 g/mol. The van der Waals surface area contributed by atoms with Gasteiger partial charge in [-0.15, -0.1) is 0 Å². The molecule has 0 aliphatic heterocycles. The molecule has 5 atom stereocenters. The summed E-state index contributed by atoms with van der Waals surface area (Å²) in [5.41, 5.74) is 0. The minimum atomic E-state index is -4.96. The number of ether oxygens (including phenoxy) is 4. The van der Waals surface area contributed by atoms with Crippen LogP contribution in [0.5, 0.6) is 0 Å². The van der Waals surface area contributed by atoms with Crippen LogP contribution in [0.1, 0.15) is 395 Å². The Hall–Kier alpha value is -1.94. The highest BCUT2D eigenvalue weighted by molar-refractivity contribution is 7.47. The molecule has 0 aromatic carbocycles. The predicted octanol–water partition coefficient (Wildman–Crippen LogP) is 22.3. The summed E-state index contributed by atoms with van der Waals surface area (Å²) in [6, 6.07) is 0. The third-order valence-corrected chi connectivity index (χ3v) is 19.6. The van der Waals surface area contributed by atoms with E-state index < -0.39 is 97.5 Å². The lowest BCUT2D eigenvalue weighted by atomic mass is 10.0. The van der Waals surface area contributed by atoms with Gasteiger partial charge in [-0.2, -0.15) is 0 Å². The maximum atomic E-state index is 13.1. The van der Waals surface area contributed by atoms with Crippen molar-refractivity contribution in [3.05, 3.63) is 0 Å². The molecule has 0 aromatic heterocycles. The van der Waals surface area contributed by atoms with Crippen LogP contribution in [0.4, 0.5) is 0 Å². The standard InChI is InChI=1S/C76H148O17P2/c1-7-9-11-13-15-17-18-19-20-21-25-30-35-41-47-53-59-74(79)87-65-72(93-75(80)60-54-48-42-36-31-26-23-22-24-28-33-38-44-50-56-68(3)4)67-91-95(84,85)89-63-70(77)62-88-94(82,83)90-66-71(64-86-73(78)58-52-46-40-16-14-12-10-8-2)92-76(81)61-55-49-43-37-32-27-29-34-39-45-51-57-69(5)6/h68-72,77H,7-67H2,1-6H3,(H,82,83)(H,84,85)/t70-,71+,72+/m0/s1. The van der Waals surface area contributed by atoms with E-state index in [9.17, 15) is 43.2 Å². The number of esters is 4. The van der Waals surface area contributed by atoms with Gasteiger partial charge in [-0.1, -0.05) is 343 Å². The molecule has 0 rings (SSSR count).